The van der Waals surface area contributed by atoms with Gasteiger partial charge < -0.3 is 20.1 Å². The van der Waals surface area contributed by atoms with E-state index in [4.69, 9.17) is 14.9 Å². The van der Waals surface area contributed by atoms with Crippen LogP contribution in [-0.4, -0.2) is 40.4 Å². The summed E-state index contributed by atoms with van der Waals surface area (Å²) < 4.78 is 12.2. The summed E-state index contributed by atoms with van der Waals surface area (Å²) >= 11 is 0. The zero-order valence-corrected chi connectivity index (χ0v) is 23.5. The molecule has 2 amide bonds. The van der Waals surface area contributed by atoms with Gasteiger partial charge in [0, 0.05) is 35.1 Å². The Hall–Kier alpha value is -3.81. The number of benzene rings is 2. The molecule has 0 aliphatic carbocycles. The lowest BCUT2D eigenvalue weighted by molar-refractivity contribution is -0.133. The van der Waals surface area contributed by atoms with Crippen molar-refractivity contribution in [1.29, 1.82) is 5.41 Å². The molecule has 2 aromatic rings. The van der Waals surface area contributed by atoms with Crippen molar-refractivity contribution >= 4 is 23.8 Å². The second-order valence-electron chi connectivity index (χ2n) is 12.1. The summed E-state index contributed by atoms with van der Waals surface area (Å²) in [4.78, 5) is 28.9. The lowest BCUT2D eigenvalue weighted by atomic mass is 9.83. The minimum atomic E-state index is -0.430. The molecule has 1 fully saturated rings. The summed E-state index contributed by atoms with van der Waals surface area (Å²) in [6, 6.07) is 11.0. The molecule has 7 rings (SSSR count). The first kappa shape index (κ1) is 26.4. The maximum absolute atomic E-state index is 13.7. The van der Waals surface area contributed by atoms with Gasteiger partial charge in [0.2, 0.25) is 5.91 Å². The topological polar surface area (TPSA) is 104 Å². The van der Waals surface area contributed by atoms with Gasteiger partial charge in [-0.3, -0.25) is 19.9 Å². The Labute approximate surface area is 235 Å². The van der Waals surface area contributed by atoms with Crippen LogP contribution in [0.25, 0.3) is 6.08 Å². The number of nitrogens with one attached hydrogen (secondary N) is 3. The van der Waals surface area contributed by atoms with Crippen molar-refractivity contribution in [2.75, 3.05) is 6.61 Å². The molecule has 3 N–H and O–H groups in total. The van der Waals surface area contributed by atoms with Gasteiger partial charge in [-0.2, -0.15) is 0 Å². The van der Waals surface area contributed by atoms with Crippen LogP contribution in [0.4, 0.5) is 0 Å². The number of nitrogens with zero attached hydrogens (tertiary/aromatic N) is 1. The quantitative estimate of drug-likeness (QED) is 0.432. The summed E-state index contributed by atoms with van der Waals surface area (Å²) in [6.45, 7) is 6.60. The van der Waals surface area contributed by atoms with E-state index in [0.717, 1.165) is 48.1 Å². The van der Waals surface area contributed by atoms with Crippen LogP contribution in [0.3, 0.4) is 0 Å². The molecule has 5 aliphatic rings. The van der Waals surface area contributed by atoms with E-state index >= 15 is 0 Å². The highest BCUT2D eigenvalue weighted by molar-refractivity contribution is 6.00. The number of carbonyl (C=O) groups excluding carboxylic acids is 2. The third kappa shape index (κ3) is 4.84. The van der Waals surface area contributed by atoms with Gasteiger partial charge in [0.15, 0.2) is 5.96 Å². The highest BCUT2D eigenvalue weighted by Crippen LogP contribution is 2.42. The molecule has 1 saturated heterocycles. The second-order valence-corrected chi connectivity index (χ2v) is 12.1. The molecule has 8 nitrogen and oxygen atoms in total. The van der Waals surface area contributed by atoms with E-state index in [1.54, 1.807) is 11.0 Å². The van der Waals surface area contributed by atoms with Crippen molar-refractivity contribution in [2.24, 2.45) is 0 Å². The molecule has 0 aromatic heterocycles. The lowest BCUT2D eigenvalue weighted by Crippen LogP contribution is -2.63. The molecule has 2 aromatic carbocycles. The first-order chi connectivity index (χ1) is 19.2. The summed E-state index contributed by atoms with van der Waals surface area (Å²) in [6.07, 6.45) is 9.14. The molecule has 6 bridgehead atoms. The molecule has 0 radical (unpaired) electrons. The minimum absolute atomic E-state index is 0.0558. The lowest BCUT2D eigenvalue weighted by Gasteiger charge is -2.46. The van der Waals surface area contributed by atoms with Gasteiger partial charge in [-0.1, -0.05) is 25.1 Å². The van der Waals surface area contributed by atoms with E-state index in [2.05, 4.69) is 35.8 Å². The van der Waals surface area contributed by atoms with E-state index in [1.807, 2.05) is 38.1 Å². The van der Waals surface area contributed by atoms with Crippen molar-refractivity contribution in [3.05, 3.63) is 64.7 Å². The average Bonchev–Trinajstić information content (AvgIpc) is 2.91. The fraction of sp³-hybridized carbons (Fsp3) is 0.469. The van der Waals surface area contributed by atoms with Crippen LogP contribution in [0.2, 0.25) is 0 Å². The average molecular weight is 543 g/mol. The van der Waals surface area contributed by atoms with Crippen LogP contribution in [0.1, 0.15) is 105 Å². The molecule has 0 spiro atoms. The SMILES string of the molecule is CCC12CCC/C=C/c3ccc4c(c3)C(CC(C)(C)O4)NC(=O)c3ccc4c(c3)C(CCO4)N(C(=N)N1)C(=O)C2. The minimum Gasteiger partial charge on any atom is -0.493 e. The summed E-state index contributed by atoms with van der Waals surface area (Å²) in [5.41, 5.74) is 2.44. The van der Waals surface area contributed by atoms with Gasteiger partial charge in [0.1, 0.15) is 17.1 Å². The van der Waals surface area contributed by atoms with E-state index in [9.17, 15) is 9.59 Å². The number of fused-ring (bicyclic) bond motifs is 6. The fourth-order valence-electron chi connectivity index (χ4n) is 6.64. The van der Waals surface area contributed by atoms with Crippen molar-refractivity contribution in [3.8, 4) is 11.5 Å². The van der Waals surface area contributed by atoms with Gasteiger partial charge in [0.25, 0.3) is 5.91 Å². The fourth-order valence-corrected chi connectivity index (χ4v) is 6.64. The van der Waals surface area contributed by atoms with Crippen molar-refractivity contribution in [1.82, 2.24) is 15.5 Å². The van der Waals surface area contributed by atoms with Crippen LogP contribution in [0, 0.1) is 5.41 Å². The van der Waals surface area contributed by atoms with Crippen LogP contribution in [-0.2, 0) is 4.79 Å². The van der Waals surface area contributed by atoms with Gasteiger partial charge in [-0.15, -0.1) is 0 Å². The van der Waals surface area contributed by atoms with Crippen LogP contribution < -0.4 is 20.1 Å². The normalized spacial score (nSPS) is 28.2. The number of hydrogen-bond donors (Lipinski definition) is 3. The number of amides is 2. The van der Waals surface area contributed by atoms with E-state index in [1.165, 1.54) is 0 Å². The predicted molar refractivity (Wildman–Crippen MR) is 154 cm³/mol. The van der Waals surface area contributed by atoms with Crippen molar-refractivity contribution < 1.29 is 19.1 Å². The maximum Gasteiger partial charge on any atom is 0.251 e. The third-order valence-electron chi connectivity index (χ3n) is 8.78. The Morgan fingerprint density at radius 1 is 1.10 bits per heavy atom. The molecule has 0 saturated carbocycles. The van der Waals surface area contributed by atoms with E-state index in [-0.39, 0.29) is 29.9 Å². The number of guanidine groups is 1. The number of carbonyl (C=O) groups is 2. The monoisotopic (exact) mass is 542 g/mol. The van der Waals surface area contributed by atoms with Crippen LogP contribution in [0.15, 0.2) is 42.5 Å². The Bertz CT molecular complexity index is 1380. The molecule has 3 atom stereocenters. The van der Waals surface area contributed by atoms with Crippen LogP contribution >= 0.6 is 0 Å². The molecule has 5 heterocycles. The number of ether oxygens (including phenoxy) is 2. The van der Waals surface area contributed by atoms with Crippen molar-refractivity contribution in [2.45, 2.75) is 88.9 Å². The highest BCUT2D eigenvalue weighted by atomic mass is 16.5. The molecule has 3 unspecified atom stereocenters. The van der Waals surface area contributed by atoms with E-state index < -0.39 is 11.1 Å². The molecule has 5 aliphatic heterocycles. The van der Waals surface area contributed by atoms with Gasteiger partial charge >= 0.3 is 0 Å². The Kier molecular flexibility index (Phi) is 6.59. The molecule has 8 heteroatoms. The first-order valence-corrected chi connectivity index (χ1v) is 14.4. The summed E-state index contributed by atoms with van der Waals surface area (Å²) in [5, 5.41) is 15.6. The summed E-state index contributed by atoms with van der Waals surface area (Å²) in [5.74, 6) is 1.33. The van der Waals surface area contributed by atoms with Crippen molar-refractivity contribution in [3.63, 3.8) is 0 Å². The number of allylic oxidation sites excluding steroid dienone is 1. The molecule has 40 heavy (non-hydrogen) atoms. The van der Waals surface area contributed by atoms with Gasteiger partial charge in [0.05, 0.1) is 25.1 Å². The molecular formula is C32H38N4O4. The standard InChI is InChI=1S/C32H38N4O4/c1-4-32-14-7-5-6-8-20-9-11-27-22(16-20)24(18-31(2,3)40-27)34-29(38)21-10-12-26-23(17-21)25(13-15-39-26)36(28(37)19-32)30(33)35-32/h6,8-12,16-17,24-25H,4-5,7,13-15,18-19H2,1-3H3,(H2,33,35)(H,34,38)/b8-6+. The largest absolute Gasteiger partial charge is 0.493 e. The highest BCUT2D eigenvalue weighted by Gasteiger charge is 2.44. The third-order valence-corrected chi connectivity index (χ3v) is 8.78. The van der Waals surface area contributed by atoms with Gasteiger partial charge in [-0.25, -0.2) is 0 Å². The zero-order valence-electron chi connectivity index (χ0n) is 23.5. The first-order valence-electron chi connectivity index (χ1n) is 14.4. The number of rotatable bonds is 1. The van der Waals surface area contributed by atoms with Crippen LogP contribution in [0.5, 0.6) is 11.5 Å². The summed E-state index contributed by atoms with van der Waals surface area (Å²) in [7, 11) is 0. The zero-order chi connectivity index (χ0) is 28.1. The van der Waals surface area contributed by atoms with Gasteiger partial charge in [-0.05, 0) is 75.4 Å². The second kappa shape index (κ2) is 9.98. The molecule has 210 valence electrons. The Morgan fingerprint density at radius 2 is 1.93 bits per heavy atom. The maximum atomic E-state index is 13.7. The molecular weight excluding hydrogens is 504 g/mol. The number of hydrogen-bond acceptors (Lipinski definition) is 5. The smallest absolute Gasteiger partial charge is 0.251 e. The predicted octanol–water partition coefficient (Wildman–Crippen LogP) is 5.64. The Balaban J connectivity index is 1.42. The Morgan fingerprint density at radius 3 is 2.73 bits per heavy atom. The van der Waals surface area contributed by atoms with E-state index in [0.29, 0.717) is 37.2 Å².